The predicted molar refractivity (Wildman–Crippen MR) is 62.0 cm³/mol. The molecule has 0 atom stereocenters. The van der Waals surface area contributed by atoms with Crippen LogP contribution in [0.1, 0.15) is 28.8 Å². The Labute approximate surface area is 92.5 Å². The zero-order chi connectivity index (χ0) is 9.80. The second-order valence-corrected chi connectivity index (χ2v) is 5.78. The summed E-state index contributed by atoms with van der Waals surface area (Å²) in [6.45, 7) is 0.676. The number of nitrogens with two attached hydrogens (primary N) is 1. The number of hydrogen-bond acceptors (Lipinski definition) is 5. The number of thioether (sulfide) groups is 1. The Morgan fingerprint density at radius 3 is 2.79 bits per heavy atom. The summed E-state index contributed by atoms with van der Waals surface area (Å²) in [7, 11) is 0. The van der Waals surface area contributed by atoms with Gasteiger partial charge in [-0.25, -0.2) is 0 Å². The van der Waals surface area contributed by atoms with E-state index in [1.54, 1.807) is 11.3 Å². The van der Waals surface area contributed by atoms with Gasteiger partial charge in [0.05, 0.1) is 0 Å². The van der Waals surface area contributed by atoms with Gasteiger partial charge >= 0.3 is 0 Å². The van der Waals surface area contributed by atoms with Crippen molar-refractivity contribution in [1.29, 1.82) is 0 Å². The van der Waals surface area contributed by atoms with E-state index in [4.69, 9.17) is 5.73 Å². The van der Waals surface area contributed by atoms with Gasteiger partial charge in [0, 0.05) is 12.3 Å². The Morgan fingerprint density at radius 1 is 1.29 bits per heavy atom. The number of aromatic nitrogens is 2. The van der Waals surface area contributed by atoms with Crippen LogP contribution in [-0.4, -0.2) is 28.2 Å². The van der Waals surface area contributed by atoms with Gasteiger partial charge in [-0.15, -0.1) is 21.5 Å². The molecule has 1 saturated heterocycles. The maximum absolute atomic E-state index is 5.48. The number of nitrogens with zero attached hydrogens (tertiary/aromatic N) is 2. The third-order valence-corrected chi connectivity index (χ3v) is 4.61. The Bertz CT molecular complexity index is 281. The first-order valence-electron chi connectivity index (χ1n) is 5.00. The molecule has 0 saturated carbocycles. The van der Waals surface area contributed by atoms with Crippen LogP contribution in [0.25, 0.3) is 0 Å². The molecular weight excluding hydrogens is 214 g/mol. The molecule has 0 radical (unpaired) electrons. The molecule has 2 N–H and O–H groups in total. The molecule has 3 nitrogen and oxygen atoms in total. The van der Waals surface area contributed by atoms with Crippen LogP contribution < -0.4 is 5.73 Å². The first kappa shape index (κ1) is 10.4. The second-order valence-electron chi connectivity index (χ2n) is 3.46. The third kappa shape index (κ3) is 2.46. The largest absolute Gasteiger partial charge is 0.330 e. The minimum atomic E-state index is 0.667. The van der Waals surface area contributed by atoms with E-state index in [0.29, 0.717) is 12.5 Å². The Balaban J connectivity index is 2.00. The van der Waals surface area contributed by atoms with Crippen LogP contribution in [0.3, 0.4) is 0 Å². The summed E-state index contributed by atoms with van der Waals surface area (Å²) in [5.41, 5.74) is 5.48. The topological polar surface area (TPSA) is 51.8 Å². The molecular formula is C9H15N3S2. The van der Waals surface area contributed by atoms with Crippen LogP contribution in [0.2, 0.25) is 0 Å². The normalized spacial score (nSPS) is 18.6. The summed E-state index contributed by atoms with van der Waals surface area (Å²) in [6, 6.07) is 0. The fourth-order valence-corrected chi connectivity index (χ4v) is 3.73. The molecule has 1 aromatic heterocycles. The molecule has 2 heterocycles. The highest BCUT2D eigenvalue weighted by Crippen LogP contribution is 2.32. The van der Waals surface area contributed by atoms with Crippen LogP contribution in [0.4, 0.5) is 0 Å². The molecule has 78 valence electrons. The van der Waals surface area contributed by atoms with Crippen LogP contribution >= 0.6 is 23.1 Å². The summed E-state index contributed by atoms with van der Waals surface area (Å²) in [5.74, 6) is 3.22. The van der Waals surface area contributed by atoms with E-state index in [1.165, 1.54) is 29.4 Å². The molecule has 1 aliphatic heterocycles. The molecule has 0 amide bonds. The van der Waals surface area contributed by atoms with Crippen molar-refractivity contribution in [3.63, 3.8) is 0 Å². The van der Waals surface area contributed by atoms with Gasteiger partial charge in [-0.3, -0.25) is 0 Å². The Kier molecular flexibility index (Phi) is 3.78. The molecule has 1 aliphatic rings. The van der Waals surface area contributed by atoms with Gasteiger partial charge in [0.2, 0.25) is 0 Å². The molecule has 0 aromatic carbocycles. The first-order chi connectivity index (χ1) is 6.90. The molecule has 0 spiro atoms. The van der Waals surface area contributed by atoms with E-state index < -0.39 is 0 Å². The lowest BCUT2D eigenvalue weighted by Crippen LogP contribution is -2.07. The average molecular weight is 229 g/mol. The van der Waals surface area contributed by atoms with E-state index in [9.17, 15) is 0 Å². The molecule has 1 aromatic rings. The smallest absolute Gasteiger partial charge is 0.120 e. The predicted octanol–water partition coefficient (Wildman–Crippen LogP) is 1.65. The standard InChI is InChI=1S/C9H15N3S2/c10-4-1-8-11-12-9(14-8)7-2-5-13-6-3-7/h7H,1-6,10H2. The van der Waals surface area contributed by atoms with Crippen molar-refractivity contribution in [2.45, 2.75) is 25.2 Å². The fourth-order valence-electron chi connectivity index (χ4n) is 1.60. The molecule has 0 bridgehead atoms. The van der Waals surface area contributed by atoms with E-state index in [-0.39, 0.29) is 0 Å². The van der Waals surface area contributed by atoms with Crippen molar-refractivity contribution in [1.82, 2.24) is 10.2 Å². The van der Waals surface area contributed by atoms with Crippen LogP contribution in [0.15, 0.2) is 0 Å². The summed E-state index contributed by atoms with van der Waals surface area (Å²) >= 11 is 3.80. The maximum atomic E-state index is 5.48. The molecule has 2 rings (SSSR count). The van der Waals surface area contributed by atoms with E-state index >= 15 is 0 Å². The SMILES string of the molecule is NCCc1nnc(C2CCSCC2)s1. The summed E-state index contributed by atoms with van der Waals surface area (Å²) in [5, 5.41) is 10.8. The minimum absolute atomic E-state index is 0.667. The van der Waals surface area contributed by atoms with Crippen molar-refractivity contribution >= 4 is 23.1 Å². The van der Waals surface area contributed by atoms with Gasteiger partial charge in [0.15, 0.2) is 0 Å². The molecule has 14 heavy (non-hydrogen) atoms. The van der Waals surface area contributed by atoms with E-state index in [0.717, 1.165) is 11.4 Å². The summed E-state index contributed by atoms with van der Waals surface area (Å²) in [6.07, 6.45) is 3.41. The number of hydrogen-bond donors (Lipinski definition) is 1. The lowest BCUT2D eigenvalue weighted by atomic mass is 10.0. The van der Waals surface area contributed by atoms with Gasteiger partial charge in [-0.2, -0.15) is 11.8 Å². The molecule has 5 heteroatoms. The van der Waals surface area contributed by atoms with E-state index in [2.05, 4.69) is 10.2 Å². The van der Waals surface area contributed by atoms with Gasteiger partial charge in [-0.1, -0.05) is 0 Å². The number of rotatable bonds is 3. The fraction of sp³-hybridized carbons (Fsp3) is 0.778. The minimum Gasteiger partial charge on any atom is -0.330 e. The van der Waals surface area contributed by atoms with Crippen LogP contribution in [0.5, 0.6) is 0 Å². The molecule has 0 unspecified atom stereocenters. The highest BCUT2D eigenvalue weighted by Gasteiger charge is 2.19. The summed E-state index contributed by atoms with van der Waals surface area (Å²) < 4.78 is 0. The monoisotopic (exact) mass is 229 g/mol. The van der Waals surface area contributed by atoms with Gasteiger partial charge < -0.3 is 5.73 Å². The Hall–Kier alpha value is -0.130. The van der Waals surface area contributed by atoms with Gasteiger partial charge in [-0.05, 0) is 30.9 Å². The highest BCUT2D eigenvalue weighted by molar-refractivity contribution is 7.99. The van der Waals surface area contributed by atoms with Crippen molar-refractivity contribution < 1.29 is 0 Å². The molecule has 1 fully saturated rings. The van der Waals surface area contributed by atoms with Crippen molar-refractivity contribution in [3.8, 4) is 0 Å². The third-order valence-electron chi connectivity index (χ3n) is 2.41. The van der Waals surface area contributed by atoms with Gasteiger partial charge in [0.25, 0.3) is 0 Å². The maximum Gasteiger partial charge on any atom is 0.120 e. The second kappa shape index (κ2) is 5.09. The lowest BCUT2D eigenvalue weighted by Gasteiger charge is -2.18. The van der Waals surface area contributed by atoms with Crippen molar-refractivity contribution in [3.05, 3.63) is 10.0 Å². The quantitative estimate of drug-likeness (QED) is 0.856. The van der Waals surface area contributed by atoms with Gasteiger partial charge in [0.1, 0.15) is 10.0 Å². The first-order valence-corrected chi connectivity index (χ1v) is 6.97. The van der Waals surface area contributed by atoms with Crippen molar-refractivity contribution in [2.75, 3.05) is 18.1 Å². The molecule has 0 aliphatic carbocycles. The zero-order valence-corrected chi connectivity index (χ0v) is 9.74. The average Bonchev–Trinajstić information content (AvgIpc) is 2.68. The van der Waals surface area contributed by atoms with Crippen LogP contribution in [-0.2, 0) is 6.42 Å². The Morgan fingerprint density at radius 2 is 2.07 bits per heavy atom. The lowest BCUT2D eigenvalue weighted by molar-refractivity contribution is 0.625. The van der Waals surface area contributed by atoms with Crippen LogP contribution in [0, 0.1) is 0 Å². The highest BCUT2D eigenvalue weighted by atomic mass is 32.2. The van der Waals surface area contributed by atoms with Crippen molar-refractivity contribution in [2.24, 2.45) is 5.73 Å². The zero-order valence-electron chi connectivity index (χ0n) is 8.11. The van der Waals surface area contributed by atoms with E-state index in [1.807, 2.05) is 11.8 Å². The summed E-state index contributed by atoms with van der Waals surface area (Å²) in [4.78, 5) is 0.